The first-order valence-electron chi connectivity index (χ1n) is 11.3. The minimum atomic E-state index is -0.543. The van der Waals surface area contributed by atoms with Gasteiger partial charge in [0.15, 0.2) is 0 Å². The van der Waals surface area contributed by atoms with Gasteiger partial charge in [0.05, 0.1) is 12.4 Å². The minimum Gasteiger partial charge on any atom is -0.497 e. The van der Waals surface area contributed by atoms with E-state index in [1.54, 1.807) is 19.2 Å². The lowest BCUT2D eigenvalue weighted by Crippen LogP contribution is -2.30. The van der Waals surface area contributed by atoms with E-state index < -0.39 is 11.2 Å². The molecule has 1 aliphatic rings. The molecular weight excluding hydrogens is 458 g/mol. The van der Waals surface area contributed by atoms with E-state index in [2.05, 4.69) is 12.2 Å². The molecule has 0 spiro atoms. The Balaban J connectivity index is 1.66. The number of nitrogens with zero attached hydrogens (tertiary/aromatic N) is 2. The van der Waals surface area contributed by atoms with Crippen molar-refractivity contribution >= 4 is 35.0 Å². The maximum Gasteiger partial charge on any atom is 0.269 e. The lowest BCUT2D eigenvalue weighted by Gasteiger charge is -2.18. The molecule has 3 aromatic carbocycles. The standard InChI is InChI=1S/C28H25N3O3S/c1-3-19-9-13-21(14-10-19)30-26(32)24(18-29)28-31(22-7-5-4-6-8-22)27(33)25(35-28)17-20-11-15-23(34-2)16-12-20/h4-16,25H,3,17H2,1-2H3,(H,30,32)/b28-24-/t25-/m0/s1. The number of aryl methyl sites for hydroxylation is 1. The topological polar surface area (TPSA) is 82.4 Å². The van der Waals surface area contributed by atoms with Gasteiger partial charge < -0.3 is 10.1 Å². The Kier molecular flexibility index (Phi) is 7.54. The molecule has 0 aromatic heterocycles. The van der Waals surface area contributed by atoms with Crippen molar-refractivity contribution in [2.75, 3.05) is 17.3 Å². The monoisotopic (exact) mass is 483 g/mol. The van der Waals surface area contributed by atoms with Crippen LogP contribution in [0.5, 0.6) is 5.75 Å². The maximum atomic E-state index is 13.5. The lowest BCUT2D eigenvalue weighted by atomic mass is 10.1. The molecule has 1 atom stereocenters. The number of thioether (sulfide) groups is 1. The smallest absolute Gasteiger partial charge is 0.269 e. The number of anilines is 2. The van der Waals surface area contributed by atoms with Crippen molar-refractivity contribution in [2.24, 2.45) is 0 Å². The van der Waals surface area contributed by atoms with Crippen LogP contribution in [0.3, 0.4) is 0 Å². The molecule has 2 amide bonds. The highest BCUT2D eigenvalue weighted by atomic mass is 32.2. The lowest BCUT2D eigenvalue weighted by molar-refractivity contribution is -0.117. The predicted molar refractivity (Wildman–Crippen MR) is 139 cm³/mol. The van der Waals surface area contributed by atoms with Crippen molar-refractivity contribution in [2.45, 2.75) is 25.0 Å². The molecule has 6 nitrogen and oxygen atoms in total. The number of ether oxygens (including phenoxy) is 1. The van der Waals surface area contributed by atoms with Gasteiger partial charge in [-0.2, -0.15) is 5.26 Å². The summed E-state index contributed by atoms with van der Waals surface area (Å²) in [6, 6.07) is 26.2. The second-order valence-electron chi connectivity index (χ2n) is 7.96. The van der Waals surface area contributed by atoms with E-state index in [-0.39, 0.29) is 11.5 Å². The van der Waals surface area contributed by atoms with Gasteiger partial charge in [0, 0.05) is 11.4 Å². The van der Waals surface area contributed by atoms with Crippen LogP contribution in [0.4, 0.5) is 11.4 Å². The number of hydrogen-bond donors (Lipinski definition) is 1. The second-order valence-corrected chi connectivity index (χ2v) is 9.16. The molecule has 4 rings (SSSR count). The number of carbonyl (C=O) groups is 2. The van der Waals surface area contributed by atoms with E-state index in [4.69, 9.17) is 4.74 Å². The van der Waals surface area contributed by atoms with Crippen molar-refractivity contribution in [1.29, 1.82) is 5.26 Å². The quantitative estimate of drug-likeness (QED) is 0.363. The number of hydrogen-bond acceptors (Lipinski definition) is 5. The Morgan fingerprint density at radius 1 is 1.03 bits per heavy atom. The summed E-state index contributed by atoms with van der Waals surface area (Å²) in [7, 11) is 1.60. The van der Waals surface area contributed by atoms with E-state index >= 15 is 0 Å². The Morgan fingerprint density at radius 3 is 2.29 bits per heavy atom. The average Bonchev–Trinajstić information content (AvgIpc) is 3.21. The van der Waals surface area contributed by atoms with Crippen LogP contribution in [0.25, 0.3) is 0 Å². The number of methoxy groups -OCH3 is 1. The molecule has 1 saturated heterocycles. The molecule has 176 valence electrons. The minimum absolute atomic E-state index is 0.0935. The second kappa shape index (κ2) is 10.9. The van der Waals surface area contributed by atoms with Gasteiger partial charge in [0.25, 0.3) is 5.91 Å². The highest BCUT2D eigenvalue weighted by Gasteiger charge is 2.40. The van der Waals surface area contributed by atoms with Gasteiger partial charge in [-0.25, -0.2) is 0 Å². The molecule has 35 heavy (non-hydrogen) atoms. The SMILES string of the molecule is CCc1ccc(NC(=O)/C(C#N)=C2\S[C@@H](Cc3ccc(OC)cc3)C(=O)N2c2ccccc2)cc1. The number of rotatable bonds is 7. The third kappa shape index (κ3) is 5.39. The molecular formula is C28H25N3O3S. The predicted octanol–water partition coefficient (Wildman–Crippen LogP) is 5.32. The highest BCUT2D eigenvalue weighted by Crippen LogP contribution is 2.42. The Hall–Kier alpha value is -4.02. The summed E-state index contributed by atoms with van der Waals surface area (Å²) in [6.07, 6.45) is 1.35. The largest absolute Gasteiger partial charge is 0.497 e. The van der Waals surface area contributed by atoms with Crippen molar-refractivity contribution < 1.29 is 14.3 Å². The molecule has 1 heterocycles. The first-order chi connectivity index (χ1) is 17.0. The molecule has 0 saturated carbocycles. The highest BCUT2D eigenvalue weighted by molar-refractivity contribution is 8.05. The van der Waals surface area contributed by atoms with E-state index in [9.17, 15) is 14.9 Å². The fourth-order valence-electron chi connectivity index (χ4n) is 3.79. The molecule has 1 N–H and O–H groups in total. The number of nitriles is 1. The molecule has 0 unspecified atom stereocenters. The summed E-state index contributed by atoms with van der Waals surface area (Å²) in [6.45, 7) is 2.06. The Morgan fingerprint density at radius 2 is 1.69 bits per heavy atom. The van der Waals surface area contributed by atoms with Gasteiger partial charge >= 0.3 is 0 Å². The van der Waals surface area contributed by atoms with Gasteiger partial charge in [-0.1, -0.05) is 61.2 Å². The molecule has 0 bridgehead atoms. The number of carbonyl (C=O) groups excluding carboxylic acids is 2. The van der Waals surface area contributed by atoms with Crippen LogP contribution in [0.15, 0.2) is 89.5 Å². The zero-order chi connectivity index (χ0) is 24.8. The third-order valence-electron chi connectivity index (χ3n) is 5.72. The molecule has 0 aliphatic carbocycles. The fourth-order valence-corrected chi connectivity index (χ4v) is 5.10. The average molecular weight is 484 g/mol. The van der Waals surface area contributed by atoms with Crippen LogP contribution in [0, 0.1) is 11.3 Å². The van der Waals surface area contributed by atoms with Crippen LogP contribution >= 0.6 is 11.8 Å². The molecule has 0 radical (unpaired) electrons. The summed E-state index contributed by atoms with van der Waals surface area (Å²) < 4.78 is 5.22. The summed E-state index contributed by atoms with van der Waals surface area (Å²) in [4.78, 5) is 28.2. The van der Waals surface area contributed by atoms with E-state index in [0.717, 1.165) is 23.3 Å². The zero-order valence-corrected chi connectivity index (χ0v) is 20.3. The van der Waals surface area contributed by atoms with Gasteiger partial charge in [-0.3, -0.25) is 14.5 Å². The van der Waals surface area contributed by atoms with Crippen LogP contribution in [-0.2, 0) is 22.4 Å². The first-order valence-corrected chi connectivity index (χ1v) is 12.1. The van der Waals surface area contributed by atoms with E-state index in [0.29, 0.717) is 22.8 Å². The Bertz CT molecular complexity index is 1280. The van der Waals surface area contributed by atoms with Crippen molar-refractivity contribution in [3.05, 3.63) is 101 Å². The zero-order valence-electron chi connectivity index (χ0n) is 19.5. The van der Waals surface area contributed by atoms with Crippen LogP contribution in [0.1, 0.15) is 18.1 Å². The van der Waals surface area contributed by atoms with Crippen molar-refractivity contribution in [3.63, 3.8) is 0 Å². The van der Waals surface area contributed by atoms with Crippen LogP contribution in [0.2, 0.25) is 0 Å². The number of para-hydroxylation sites is 1. The van der Waals surface area contributed by atoms with Crippen LogP contribution in [-0.4, -0.2) is 24.2 Å². The van der Waals surface area contributed by atoms with E-state index in [1.165, 1.54) is 16.7 Å². The fraction of sp³-hybridized carbons (Fsp3) is 0.179. The summed E-state index contributed by atoms with van der Waals surface area (Å²) >= 11 is 1.25. The van der Waals surface area contributed by atoms with Crippen molar-refractivity contribution in [3.8, 4) is 11.8 Å². The van der Waals surface area contributed by atoms with Gasteiger partial charge in [-0.05, 0) is 60.4 Å². The third-order valence-corrected chi connectivity index (χ3v) is 6.98. The van der Waals surface area contributed by atoms with Gasteiger partial charge in [0.1, 0.15) is 22.4 Å². The molecule has 1 aliphatic heterocycles. The maximum absolute atomic E-state index is 13.5. The molecule has 3 aromatic rings. The summed E-state index contributed by atoms with van der Waals surface area (Å²) in [5.41, 5.74) is 3.23. The number of benzene rings is 3. The van der Waals surface area contributed by atoms with E-state index in [1.807, 2.05) is 72.8 Å². The normalized spacial score (nSPS) is 16.5. The summed E-state index contributed by atoms with van der Waals surface area (Å²) in [5.74, 6) is 0.0269. The summed E-state index contributed by atoms with van der Waals surface area (Å²) in [5, 5.41) is 12.6. The first kappa shape index (κ1) is 24.1. The Labute approximate surface area is 209 Å². The number of nitrogens with one attached hydrogen (secondary N) is 1. The number of amides is 2. The molecule has 7 heteroatoms. The molecule has 1 fully saturated rings. The van der Waals surface area contributed by atoms with Gasteiger partial charge in [-0.15, -0.1) is 0 Å². The van der Waals surface area contributed by atoms with Gasteiger partial charge in [0.2, 0.25) is 5.91 Å². The van der Waals surface area contributed by atoms with Crippen molar-refractivity contribution in [1.82, 2.24) is 0 Å². The van der Waals surface area contributed by atoms with Crippen LogP contribution < -0.4 is 15.0 Å².